The van der Waals surface area contributed by atoms with Gasteiger partial charge in [0.1, 0.15) is 5.60 Å². The summed E-state index contributed by atoms with van der Waals surface area (Å²) in [6.45, 7) is 2.91. The van der Waals surface area contributed by atoms with Crippen LogP contribution in [0.4, 0.5) is 0 Å². The first-order valence-corrected chi connectivity index (χ1v) is 5.75. The third kappa shape index (κ3) is 1.47. The number of aromatic nitrogens is 1. The first-order chi connectivity index (χ1) is 7.15. The van der Waals surface area contributed by atoms with Gasteiger partial charge in [0.15, 0.2) is 0 Å². The molecule has 1 aliphatic heterocycles. The van der Waals surface area contributed by atoms with Crippen molar-refractivity contribution in [3.8, 4) is 0 Å². The molecule has 1 aromatic rings. The molecule has 2 fully saturated rings. The lowest BCUT2D eigenvalue weighted by Crippen LogP contribution is -2.29. The molecule has 1 saturated carbocycles. The molecule has 0 spiro atoms. The molecule has 1 atom stereocenters. The molecule has 1 saturated heterocycles. The number of epoxide rings is 1. The third-order valence-corrected chi connectivity index (χ3v) is 4.33. The number of hydrogen-bond acceptors (Lipinski definition) is 2. The average molecular weight is 224 g/mol. The molecular formula is C12H14ClNO. The van der Waals surface area contributed by atoms with Gasteiger partial charge in [-0.2, -0.15) is 0 Å². The zero-order valence-electron chi connectivity index (χ0n) is 8.79. The lowest BCUT2D eigenvalue weighted by Gasteiger charge is -2.18. The van der Waals surface area contributed by atoms with Crippen LogP contribution in [0.15, 0.2) is 18.5 Å². The molecule has 2 nitrogen and oxygen atoms in total. The maximum atomic E-state index is 6.46. The summed E-state index contributed by atoms with van der Waals surface area (Å²) in [6.07, 6.45) is 6.87. The third-order valence-electron chi connectivity index (χ3n) is 3.61. The molecule has 1 aliphatic carbocycles. The summed E-state index contributed by atoms with van der Waals surface area (Å²) in [5.74, 6) is 0. The fourth-order valence-electron chi connectivity index (χ4n) is 2.18. The molecule has 3 rings (SSSR count). The van der Waals surface area contributed by atoms with Crippen LogP contribution in [-0.4, -0.2) is 22.1 Å². The summed E-state index contributed by atoms with van der Waals surface area (Å²) in [6, 6.07) is 2.07. The van der Waals surface area contributed by atoms with Gasteiger partial charge in [-0.05, 0) is 37.0 Å². The van der Waals surface area contributed by atoms with Gasteiger partial charge in [-0.25, -0.2) is 0 Å². The highest BCUT2D eigenvalue weighted by molar-refractivity contribution is 6.27. The van der Waals surface area contributed by atoms with Gasteiger partial charge in [0.05, 0.1) is 11.5 Å². The molecule has 80 valence electrons. The van der Waals surface area contributed by atoms with Crippen molar-refractivity contribution in [2.45, 2.75) is 36.7 Å². The number of nitrogens with zero attached hydrogens (tertiary/aromatic N) is 1. The predicted molar refractivity (Wildman–Crippen MR) is 59.2 cm³/mol. The Morgan fingerprint density at radius 3 is 2.80 bits per heavy atom. The Morgan fingerprint density at radius 2 is 2.27 bits per heavy atom. The van der Waals surface area contributed by atoms with Crippen LogP contribution in [0.1, 0.15) is 24.0 Å². The smallest absolute Gasteiger partial charge is 0.115 e. The molecule has 2 heterocycles. The van der Waals surface area contributed by atoms with Gasteiger partial charge in [0.25, 0.3) is 0 Å². The van der Waals surface area contributed by atoms with E-state index in [9.17, 15) is 0 Å². The summed E-state index contributed by atoms with van der Waals surface area (Å²) in [5.41, 5.74) is 2.48. The number of aryl methyl sites for hydroxylation is 1. The van der Waals surface area contributed by atoms with Crippen LogP contribution >= 0.6 is 11.6 Å². The van der Waals surface area contributed by atoms with Crippen LogP contribution in [0, 0.1) is 6.92 Å². The van der Waals surface area contributed by atoms with Gasteiger partial charge in [-0.3, -0.25) is 4.98 Å². The SMILES string of the molecule is Cc1cnccc1CC1(C2(Cl)CC2)CO1. The van der Waals surface area contributed by atoms with Gasteiger partial charge in [-0.15, -0.1) is 11.6 Å². The first-order valence-electron chi connectivity index (χ1n) is 5.38. The van der Waals surface area contributed by atoms with E-state index in [2.05, 4.69) is 18.0 Å². The highest BCUT2D eigenvalue weighted by atomic mass is 35.5. The maximum Gasteiger partial charge on any atom is 0.115 e. The molecular weight excluding hydrogens is 210 g/mol. The minimum Gasteiger partial charge on any atom is -0.367 e. The number of ether oxygens (including phenoxy) is 1. The molecule has 0 bridgehead atoms. The van der Waals surface area contributed by atoms with E-state index < -0.39 is 0 Å². The zero-order valence-corrected chi connectivity index (χ0v) is 9.55. The number of hydrogen-bond donors (Lipinski definition) is 0. The standard InChI is InChI=1S/C12H14ClNO/c1-9-7-14-5-2-10(9)6-12(8-15-12)11(13)3-4-11/h2,5,7H,3-4,6,8H2,1H3. The van der Waals surface area contributed by atoms with Crippen molar-refractivity contribution in [1.29, 1.82) is 0 Å². The molecule has 15 heavy (non-hydrogen) atoms. The summed E-state index contributed by atoms with van der Waals surface area (Å²) in [7, 11) is 0. The van der Waals surface area contributed by atoms with Crippen LogP contribution < -0.4 is 0 Å². The van der Waals surface area contributed by atoms with E-state index in [1.54, 1.807) is 0 Å². The van der Waals surface area contributed by atoms with E-state index >= 15 is 0 Å². The Bertz CT molecular complexity index is 396. The van der Waals surface area contributed by atoms with Crippen LogP contribution in [0.2, 0.25) is 0 Å². The number of rotatable bonds is 3. The molecule has 3 heteroatoms. The highest BCUT2D eigenvalue weighted by Gasteiger charge is 2.66. The molecule has 1 unspecified atom stereocenters. The number of halogens is 1. The minimum absolute atomic E-state index is 0.0668. The monoisotopic (exact) mass is 223 g/mol. The largest absolute Gasteiger partial charge is 0.367 e. The van der Waals surface area contributed by atoms with Crippen LogP contribution in [0.3, 0.4) is 0 Å². The average Bonchev–Trinajstić information content (AvgIpc) is 3.08. The fraction of sp³-hybridized carbons (Fsp3) is 0.583. The summed E-state index contributed by atoms with van der Waals surface area (Å²) in [5, 5.41) is 0. The Balaban J connectivity index is 1.84. The fourth-order valence-corrected chi connectivity index (χ4v) is 2.45. The Morgan fingerprint density at radius 1 is 1.53 bits per heavy atom. The van der Waals surface area contributed by atoms with E-state index in [4.69, 9.17) is 16.3 Å². The van der Waals surface area contributed by atoms with E-state index in [-0.39, 0.29) is 10.5 Å². The zero-order chi connectivity index (χ0) is 10.5. The van der Waals surface area contributed by atoms with Crippen molar-refractivity contribution >= 4 is 11.6 Å². The van der Waals surface area contributed by atoms with Crippen LogP contribution in [-0.2, 0) is 11.2 Å². The van der Waals surface area contributed by atoms with E-state index in [1.807, 2.05) is 12.4 Å². The number of pyridine rings is 1. The maximum absolute atomic E-state index is 6.46. The molecule has 0 radical (unpaired) electrons. The van der Waals surface area contributed by atoms with Crippen LogP contribution in [0.25, 0.3) is 0 Å². The quantitative estimate of drug-likeness (QED) is 0.581. The van der Waals surface area contributed by atoms with Gasteiger partial charge >= 0.3 is 0 Å². The lowest BCUT2D eigenvalue weighted by molar-refractivity contribution is 0.284. The molecule has 0 amide bonds. The second-order valence-electron chi connectivity index (χ2n) is 4.73. The lowest BCUT2D eigenvalue weighted by atomic mass is 9.93. The molecule has 2 aliphatic rings. The van der Waals surface area contributed by atoms with E-state index in [0.717, 1.165) is 25.9 Å². The normalized spacial score (nSPS) is 31.3. The summed E-state index contributed by atoms with van der Waals surface area (Å²) < 4.78 is 5.63. The van der Waals surface area contributed by atoms with Crippen molar-refractivity contribution in [2.24, 2.45) is 0 Å². The van der Waals surface area contributed by atoms with Crippen molar-refractivity contribution in [3.63, 3.8) is 0 Å². The molecule has 0 N–H and O–H groups in total. The van der Waals surface area contributed by atoms with Crippen molar-refractivity contribution < 1.29 is 4.74 Å². The summed E-state index contributed by atoms with van der Waals surface area (Å²) >= 11 is 6.46. The van der Waals surface area contributed by atoms with Gasteiger partial charge < -0.3 is 4.74 Å². The van der Waals surface area contributed by atoms with Gasteiger partial charge in [0.2, 0.25) is 0 Å². The second kappa shape index (κ2) is 2.96. The van der Waals surface area contributed by atoms with Gasteiger partial charge in [0, 0.05) is 18.8 Å². The Kier molecular flexibility index (Phi) is 1.89. The second-order valence-corrected chi connectivity index (χ2v) is 5.45. The van der Waals surface area contributed by atoms with E-state index in [0.29, 0.717) is 0 Å². The van der Waals surface area contributed by atoms with Crippen LogP contribution in [0.5, 0.6) is 0 Å². The minimum atomic E-state index is -0.0688. The Hall–Kier alpha value is -0.600. The first kappa shape index (κ1) is 9.61. The van der Waals surface area contributed by atoms with Crippen molar-refractivity contribution in [1.82, 2.24) is 4.98 Å². The van der Waals surface area contributed by atoms with E-state index in [1.165, 1.54) is 11.1 Å². The highest BCUT2D eigenvalue weighted by Crippen LogP contribution is 2.59. The number of alkyl halides is 1. The predicted octanol–water partition coefficient (Wildman–Crippen LogP) is 2.47. The Labute approximate surface area is 94.6 Å². The molecule has 1 aromatic heterocycles. The van der Waals surface area contributed by atoms with Crippen molar-refractivity contribution in [3.05, 3.63) is 29.6 Å². The van der Waals surface area contributed by atoms with Crippen molar-refractivity contribution in [2.75, 3.05) is 6.61 Å². The van der Waals surface area contributed by atoms with Gasteiger partial charge in [-0.1, -0.05) is 0 Å². The topological polar surface area (TPSA) is 25.4 Å². The summed E-state index contributed by atoms with van der Waals surface area (Å²) in [4.78, 5) is 4.03. The molecule has 0 aromatic carbocycles.